The maximum atomic E-state index is 10.6. The summed E-state index contributed by atoms with van der Waals surface area (Å²) >= 11 is 0. The van der Waals surface area contributed by atoms with Gasteiger partial charge in [0.05, 0.1) is 23.5 Å². The zero-order chi connectivity index (χ0) is 11.5. The molecule has 2 aromatic rings. The van der Waals surface area contributed by atoms with E-state index in [1.54, 1.807) is 4.68 Å². The highest BCUT2D eigenvalue weighted by Crippen LogP contribution is 2.11. The van der Waals surface area contributed by atoms with Gasteiger partial charge in [-0.3, -0.25) is 4.79 Å². The van der Waals surface area contributed by atoms with E-state index in [-0.39, 0.29) is 6.42 Å². The van der Waals surface area contributed by atoms with Gasteiger partial charge in [0, 0.05) is 0 Å². The van der Waals surface area contributed by atoms with Crippen molar-refractivity contribution in [1.82, 2.24) is 15.0 Å². The van der Waals surface area contributed by atoms with Crippen LogP contribution in [0.15, 0.2) is 30.3 Å². The first-order valence-electron chi connectivity index (χ1n) is 4.87. The number of aliphatic carboxylic acids is 1. The average molecular weight is 217 g/mol. The van der Waals surface area contributed by atoms with Crippen molar-refractivity contribution in [2.24, 2.45) is 0 Å². The molecule has 82 valence electrons. The molecule has 0 unspecified atom stereocenters. The van der Waals surface area contributed by atoms with Gasteiger partial charge >= 0.3 is 5.97 Å². The van der Waals surface area contributed by atoms with Crippen LogP contribution in [0.5, 0.6) is 0 Å². The third kappa shape index (κ3) is 1.93. The molecule has 0 radical (unpaired) electrons. The summed E-state index contributed by atoms with van der Waals surface area (Å²) in [6.45, 7) is 1.81. The molecule has 1 aromatic carbocycles. The highest BCUT2D eigenvalue weighted by atomic mass is 16.4. The molecule has 0 atom stereocenters. The van der Waals surface area contributed by atoms with Crippen LogP contribution in [0, 0.1) is 6.92 Å². The first-order valence-corrected chi connectivity index (χ1v) is 4.87. The molecule has 0 fully saturated rings. The molecule has 2 rings (SSSR count). The number of nitrogens with zero attached hydrogens (tertiary/aromatic N) is 3. The van der Waals surface area contributed by atoms with Gasteiger partial charge in [-0.25, -0.2) is 4.68 Å². The van der Waals surface area contributed by atoms with Gasteiger partial charge in [0.25, 0.3) is 0 Å². The summed E-state index contributed by atoms with van der Waals surface area (Å²) in [5, 5.41) is 16.5. The van der Waals surface area contributed by atoms with Gasteiger partial charge in [-0.05, 0) is 19.1 Å². The Morgan fingerprint density at radius 2 is 2.06 bits per heavy atom. The fourth-order valence-electron chi connectivity index (χ4n) is 1.48. The largest absolute Gasteiger partial charge is 0.481 e. The fraction of sp³-hybridized carbons (Fsp3) is 0.182. The SMILES string of the molecule is Cc1c(CC(=O)O)nnn1-c1ccccc1. The Morgan fingerprint density at radius 3 is 2.69 bits per heavy atom. The molecule has 0 spiro atoms. The molecule has 0 aliphatic heterocycles. The van der Waals surface area contributed by atoms with E-state index in [2.05, 4.69) is 10.3 Å². The molecule has 1 aromatic heterocycles. The van der Waals surface area contributed by atoms with Gasteiger partial charge in [-0.1, -0.05) is 23.4 Å². The Kier molecular flexibility index (Phi) is 2.68. The highest BCUT2D eigenvalue weighted by Gasteiger charge is 2.12. The van der Waals surface area contributed by atoms with E-state index in [1.807, 2.05) is 37.3 Å². The van der Waals surface area contributed by atoms with Crippen molar-refractivity contribution in [2.75, 3.05) is 0 Å². The van der Waals surface area contributed by atoms with Gasteiger partial charge < -0.3 is 5.11 Å². The molecule has 0 bridgehead atoms. The maximum absolute atomic E-state index is 10.6. The molecule has 0 amide bonds. The Morgan fingerprint density at radius 1 is 1.38 bits per heavy atom. The summed E-state index contributed by atoms with van der Waals surface area (Å²) < 4.78 is 1.64. The highest BCUT2D eigenvalue weighted by molar-refractivity contribution is 5.69. The van der Waals surface area contributed by atoms with Crippen LogP contribution in [-0.2, 0) is 11.2 Å². The number of hydrogen-bond acceptors (Lipinski definition) is 3. The molecule has 0 aliphatic rings. The second kappa shape index (κ2) is 4.14. The third-order valence-corrected chi connectivity index (χ3v) is 2.31. The molecule has 16 heavy (non-hydrogen) atoms. The normalized spacial score (nSPS) is 10.3. The van der Waals surface area contributed by atoms with Crippen LogP contribution < -0.4 is 0 Å². The smallest absolute Gasteiger partial charge is 0.309 e. The van der Waals surface area contributed by atoms with E-state index < -0.39 is 5.97 Å². The Hall–Kier alpha value is -2.17. The van der Waals surface area contributed by atoms with Crippen LogP contribution >= 0.6 is 0 Å². The van der Waals surface area contributed by atoms with E-state index in [4.69, 9.17) is 5.11 Å². The van der Waals surface area contributed by atoms with Crippen molar-refractivity contribution in [2.45, 2.75) is 13.3 Å². The molecule has 0 saturated carbocycles. The van der Waals surface area contributed by atoms with E-state index in [9.17, 15) is 4.79 Å². The van der Waals surface area contributed by atoms with E-state index in [1.165, 1.54) is 0 Å². The number of aromatic nitrogens is 3. The number of carboxylic acid groups (broad SMARTS) is 1. The van der Waals surface area contributed by atoms with E-state index >= 15 is 0 Å². The monoisotopic (exact) mass is 217 g/mol. The van der Waals surface area contributed by atoms with Crippen molar-refractivity contribution in [1.29, 1.82) is 0 Å². The summed E-state index contributed by atoms with van der Waals surface area (Å²) in [5.74, 6) is -0.900. The van der Waals surface area contributed by atoms with Gasteiger partial charge in [-0.2, -0.15) is 0 Å². The van der Waals surface area contributed by atoms with Crippen molar-refractivity contribution in [3.05, 3.63) is 41.7 Å². The lowest BCUT2D eigenvalue weighted by Crippen LogP contribution is -2.03. The van der Waals surface area contributed by atoms with Crippen LogP contribution in [-0.4, -0.2) is 26.1 Å². The zero-order valence-corrected chi connectivity index (χ0v) is 8.79. The number of rotatable bonds is 3. The lowest BCUT2D eigenvalue weighted by atomic mass is 10.2. The molecule has 1 N–H and O–H groups in total. The fourth-order valence-corrected chi connectivity index (χ4v) is 1.48. The summed E-state index contributed by atoms with van der Waals surface area (Å²) in [6, 6.07) is 9.49. The molecule has 5 nitrogen and oxygen atoms in total. The lowest BCUT2D eigenvalue weighted by molar-refractivity contribution is -0.136. The van der Waals surface area contributed by atoms with Crippen LogP contribution in [0.4, 0.5) is 0 Å². The van der Waals surface area contributed by atoms with Crippen molar-refractivity contribution < 1.29 is 9.90 Å². The molecule has 0 saturated heterocycles. The number of hydrogen-bond donors (Lipinski definition) is 1. The van der Waals surface area contributed by atoms with Gasteiger partial charge in [0.15, 0.2) is 0 Å². The van der Waals surface area contributed by atoms with Crippen LogP contribution in [0.1, 0.15) is 11.4 Å². The topological polar surface area (TPSA) is 68.0 Å². The Bertz CT molecular complexity index is 505. The maximum Gasteiger partial charge on any atom is 0.309 e. The van der Waals surface area contributed by atoms with Crippen molar-refractivity contribution in [3.8, 4) is 5.69 Å². The lowest BCUT2D eigenvalue weighted by Gasteiger charge is -2.02. The predicted octanol–water partition coefficient (Wildman–Crippen LogP) is 1.20. The van der Waals surface area contributed by atoms with Crippen LogP contribution in [0.2, 0.25) is 0 Å². The number of benzene rings is 1. The predicted molar refractivity (Wildman–Crippen MR) is 57.4 cm³/mol. The number of carbonyl (C=O) groups is 1. The molecular formula is C11H11N3O2. The third-order valence-electron chi connectivity index (χ3n) is 2.31. The van der Waals surface area contributed by atoms with E-state index in [0.717, 1.165) is 11.4 Å². The van der Waals surface area contributed by atoms with Gasteiger partial charge in [0.1, 0.15) is 0 Å². The van der Waals surface area contributed by atoms with Crippen molar-refractivity contribution in [3.63, 3.8) is 0 Å². The van der Waals surface area contributed by atoms with Crippen LogP contribution in [0.3, 0.4) is 0 Å². The summed E-state index contributed by atoms with van der Waals surface area (Å²) in [7, 11) is 0. The van der Waals surface area contributed by atoms with E-state index in [0.29, 0.717) is 5.69 Å². The summed E-state index contributed by atoms with van der Waals surface area (Å²) in [4.78, 5) is 10.6. The standard InChI is InChI=1S/C11H11N3O2/c1-8-10(7-11(15)16)12-13-14(8)9-5-3-2-4-6-9/h2-6H,7H2,1H3,(H,15,16). The van der Waals surface area contributed by atoms with Gasteiger partial charge in [-0.15, -0.1) is 5.10 Å². The summed E-state index contributed by atoms with van der Waals surface area (Å²) in [6.07, 6.45) is -0.0985. The zero-order valence-electron chi connectivity index (χ0n) is 8.79. The molecule has 0 aliphatic carbocycles. The Balaban J connectivity index is 2.37. The molecule has 1 heterocycles. The van der Waals surface area contributed by atoms with Crippen molar-refractivity contribution >= 4 is 5.97 Å². The first kappa shape index (κ1) is 10.4. The summed E-state index contributed by atoms with van der Waals surface area (Å²) in [5.41, 5.74) is 2.13. The Labute approximate surface area is 92.3 Å². The minimum atomic E-state index is -0.900. The van der Waals surface area contributed by atoms with Gasteiger partial charge in [0.2, 0.25) is 0 Å². The number of carboxylic acids is 1. The molecular weight excluding hydrogens is 206 g/mol. The minimum absolute atomic E-state index is 0.0985. The average Bonchev–Trinajstić information content (AvgIpc) is 2.61. The molecule has 5 heteroatoms. The minimum Gasteiger partial charge on any atom is -0.481 e. The number of para-hydroxylation sites is 1. The first-order chi connectivity index (χ1) is 7.68. The quantitative estimate of drug-likeness (QED) is 0.838. The second-order valence-electron chi connectivity index (χ2n) is 3.44. The van der Waals surface area contributed by atoms with Crippen LogP contribution in [0.25, 0.3) is 5.69 Å². The second-order valence-corrected chi connectivity index (χ2v) is 3.44.